The number of non-ortho nitro benzene ring substituents is 1. The topological polar surface area (TPSA) is 119 Å². The van der Waals surface area contributed by atoms with Crippen molar-refractivity contribution in [2.24, 2.45) is 11.8 Å². The summed E-state index contributed by atoms with van der Waals surface area (Å²) in [7, 11) is 2.96. The maximum atomic E-state index is 14.1. The third-order valence-electron chi connectivity index (χ3n) is 7.70. The van der Waals surface area contributed by atoms with Crippen LogP contribution in [-0.4, -0.2) is 47.7 Å². The Balaban J connectivity index is 1.48. The fraction of sp³-hybridized carbons (Fsp3) is 0.207. The second-order valence-electron chi connectivity index (χ2n) is 9.56. The van der Waals surface area contributed by atoms with Crippen LogP contribution in [0.1, 0.15) is 27.5 Å². The number of amides is 2. The van der Waals surface area contributed by atoms with Crippen LogP contribution in [0.5, 0.6) is 11.5 Å². The maximum Gasteiger partial charge on any atom is 0.271 e. The summed E-state index contributed by atoms with van der Waals surface area (Å²) in [5.74, 6) is -2.46. The van der Waals surface area contributed by atoms with Gasteiger partial charge in [-0.2, -0.15) is 0 Å². The summed E-state index contributed by atoms with van der Waals surface area (Å²) < 4.78 is 10.7. The molecule has 0 aliphatic carbocycles. The molecule has 3 aliphatic rings. The lowest BCUT2D eigenvalue weighted by molar-refractivity contribution is -0.384. The first-order valence-corrected chi connectivity index (χ1v) is 12.3. The minimum Gasteiger partial charge on any atom is -0.493 e. The molecular weight excluding hydrogens is 502 g/mol. The third-order valence-corrected chi connectivity index (χ3v) is 7.70. The molecule has 0 spiro atoms. The number of nitro benzene ring substituents is 1. The van der Waals surface area contributed by atoms with Crippen molar-refractivity contribution < 1.29 is 28.8 Å². The molecule has 3 aromatic carbocycles. The van der Waals surface area contributed by atoms with E-state index in [0.717, 1.165) is 16.0 Å². The van der Waals surface area contributed by atoms with Gasteiger partial charge < -0.3 is 14.4 Å². The van der Waals surface area contributed by atoms with Crippen LogP contribution in [0.2, 0.25) is 0 Å². The molecule has 0 aromatic heterocycles. The van der Waals surface area contributed by atoms with Crippen molar-refractivity contribution >= 4 is 35.0 Å². The van der Waals surface area contributed by atoms with E-state index in [1.54, 1.807) is 29.3 Å². The van der Waals surface area contributed by atoms with Crippen LogP contribution >= 0.6 is 0 Å². The smallest absolute Gasteiger partial charge is 0.271 e. The van der Waals surface area contributed by atoms with Crippen LogP contribution in [0.4, 0.5) is 11.4 Å². The van der Waals surface area contributed by atoms with Crippen LogP contribution in [0.3, 0.4) is 0 Å². The zero-order valence-corrected chi connectivity index (χ0v) is 21.0. The van der Waals surface area contributed by atoms with Crippen molar-refractivity contribution in [1.82, 2.24) is 4.90 Å². The first-order chi connectivity index (χ1) is 18.8. The van der Waals surface area contributed by atoms with Crippen LogP contribution in [0, 0.1) is 22.0 Å². The van der Waals surface area contributed by atoms with Crippen LogP contribution in [0.25, 0.3) is 6.08 Å². The van der Waals surface area contributed by atoms with Gasteiger partial charge in [0, 0.05) is 23.9 Å². The number of carbonyl (C=O) groups excluding carboxylic acids is 3. The van der Waals surface area contributed by atoms with Crippen molar-refractivity contribution in [3.63, 3.8) is 0 Å². The summed E-state index contributed by atoms with van der Waals surface area (Å²) in [4.78, 5) is 55.7. The fourth-order valence-electron chi connectivity index (χ4n) is 6.02. The van der Waals surface area contributed by atoms with Crippen LogP contribution < -0.4 is 14.4 Å². The average molecular weight is 526 g/mol. The van der Waals surface area contributed by atoms with Gasteiger partial charge in [0.25, 0.3) is 5.69 Å². The lowest BCUT2D eigenvalue weighted by atomic mass is 9.83. The number of nitro groups is 1. The molecule has 6 rings (SSSR count). The van der Waals surface area contributed by atoms with Gasteiger partial charge in [-0.15, -0.1) is 0 Å². The number of ether oxygens (including phenoxy) is 2. The quantitative estimate of drug-likeness (QED) is 0.205. The number of ketones is 1. The molecule has 0 saturated carbocycles. The Bertz CT molecular complexity index is 1580. The average Bonchev–Trinajstić information content (AvgIpc) is 3.44. The summed E-state index contributed by atoms with van der Waals surface area (Å²) in [6, 6.07) is 16.2. The standard InChI is InChI=1S/C29H23N3O7/c1-38-21-11-10-17(14-22(21)39-2)27(33)26-24-23(25-20-9-4-3-6-16(20)12-13-30(25)26)28(34)31(29(24)35)18-7-5-8-19(15-18)32(36)37/h3-15,23-26H,1-2H3. The van der Waals surface area contributed by atoms with Gasteiger partial charge >= 0.3 is 0 Å². The van der Waals surface area contributed by atoms with Gasteiger partial charge in [0.15, 0.2) is 17.3 Å². The van der Waals surface area contributed by atoms with E-state index in [0.29, 0.717) is 17.1 Å². The molecule has 3 heterocycles. The second-order valence-corrected chi connectivity index (χ2v) is 9.56. The SMILES string of the molecule is COc1ccc(C(=O)C2C3C(=O)N(c4cccc([N+](=O)[O-])c4)C(=O)C3C3c4ccccc4C=CN23)cc1OC. The van der Waals surface area contributed by atoms with E-state index < -0.39 is 40.7 Å². The van der Waals surface area contributed by atoms with Gasteiger partial charge in [0.2, 0.25) is 11.8 Å². The van der Waals surface area contributed by atoms with E-state index in [4.69, 9.17) is 9.47 Å². The summed E-state index contributed by atoms with van der Waals surface area (Å²) in [5.41, 5.74) is 1.90. The Morgan fingerprint density at radius 2 is 1.64 bits per heavy atom. The Labute approximate surface area is 223 Å². The lowest BCUT2D eigenvalue weighted by Gasteiger charge is -2.35. The third kappa shape index (κ3) is 3.59. The molecule has 0 radical (unpaired) electrons. The monoisotopic (exact) mass is 525 g/mol. The lowest BCUT2D eigenvalue weighted by Crippen LogP contribution is -2.44. The summed E-state index contributed by atoms with van der Waals surface area (Å²) in [5, 5.41) is 11.4. The molecule has 0 N–H and O–H groups in total. The molecule has 0 bridgehead atoms. The highest BCUT2D eigenvalue weighted by atomic mass is 16.6. The summed E-state index contributed by atoms with van der Waals surface area (Å²) in [6.45, 7) is 0. The minimum atomic E-state index is -1.00. The molecule has 39 heavy (non-hydrogen) atoms. The molecule has 2 fully saturated rings. The molecule has 3 aliphatic heterocycles. The highest BCUT2D eigenvalue weighted by Crippen LogP contribution is 2.54. The summed E-state index contributed by atoms with van der Waals surface area (Å²) >= 11 is 0. The van der Waals surface area contributed by atoms with E-state index in [1.807, 2.05) is 30.3 Å². The zero-order valence-electron chi connectivity index (χ0n) is 21.0. The summed E-state index contributed by atoms with van der Waals surface area (Å²) in [6.07, 6.45) is 3.64. The number of hydrogen-bond donors (Lipinski definition) is 0. The first kappa shape index (κ1) is 24.4. The zero-order chi connectivity index (χ0) is 27.4. The van der Waals surface area contributed by atoms with E-state index in [2.05, 4.69) is 0 Å². The maximum absolute atomic E-state index is 14.1. The number of nitrogens with zero attached hydrogens (tertiary/aromatic N) is 3. The van der Waals surface area contributed by atoms with Crippen molar-refractivity contribution in [2.45, 2.75) is 12.1 Å². The molecular formula is C29H23N3O7. The van der Waals surface area contributed by atoms with Crippen LogP contribution in [0.15, 0.2) is 72.9 Å². The number of anilines is 1. The van der Waals surface area contributed by atoms with E-state index in [9.17, 15) is 24.5 Å². The first-order valence-electron chi connectivity index (χ1n) is 12.3. The molecule has 4 unspecified atom stereocenters. The number of rotatable bonds is 6. The molecule has 3 aromatic rings. The number of benzene rings is 3. The van der Waals surface area contributed by atoms with Gasteiger partial charge in [-0.1, -0.05) is 30.3 Å². The van der Waals surface area contributed by atoms with Crippen molar-refractivity contribution in [3.8, 4) is 11.5 Å². The molecule has 196 valence electrons. The van der Waals surface area contributed by atoms with E-state index >= 15 is 0 Å². The van der Waals surface area contributed by atoms with Gasteiger partial charge in [-0.05, 0) is 41.5 Å². The van der Waals surface area contributed by atoms with Crippen molar-refractivity contribution in [1.29, 1.82) is 0 Å². The number of hydrogen-bond acceptors (Lipinski definition) is 8. The highest BCUT2D eigenvalue weighted by molar-refractivity contribution is 6.24. The van der Waals surface area contributed by atoms with Crippen LogP contribution in [-0.2, 0) is 9.59 Å². The molecule has 2 saturated heterocycles. The second kappa shape index (κ2) is 9.09. The predicted octanol–water partition coefficient (Wildman–Crippen LogP) is 4.01. The Kier molecular flexibility index (Phi) is 5.67. The molecule has 10 heteroatoms. The predicted molar refractivity (Wildman–Crippen MR) is 140 cm³/mol. The Hall–Kier alpha value is -4.99. The minimum absolute atomic E-state index is 0.108. The number of carbonyl (C=O) groups is 3. The highest BCUT2D eigenvalue weighted by Gasteiger charge is 2.64. The largest absolute Gasteiger partial charge is 0.493 e. The Morgan fingerprint density at radius 1 is 0.897 bits per heavy atom. The van der Waals surface area contributed by atoms with Gasteiger partial charge in [0.1, 0.15) is 6.04 Å². The number of methoxy groups -OCH3 is 2. The van der Waals surface area contributed by atoms with Gasteiger partial charge in [0.05, 0.1) is 42.7 Å². The van der Waals surface area contributed by atoms with Crippen molar-refractivity contribution in [2.75, 3.05) is 19.1 Å². The normalized spacial score (nSPS) is 22.8. The molecule has 10 nitrogen and oxygen atoms in total. The van der Waals surface area contributed by atoms with E-state index in [1.165, 1.54) is 38.5 Å². The molecule has 2 amide bonds. The van der Waals surface area contributed by atoms with Crippen molar-refractivity contribution in [3.05, 3.63) is 99.7 Å². The number of Topliss-reactive ketones (excluding diaryl/α,β-unsaturated/α-hetero) is 1. The number of imide groups is 1. The van der Waals surface area contributed by atoms with Gasteiger partial charge in [-0.3, -0.25) is 24.5 Å². The van der Waals surface area contributed by atoms with Gasteiger partial charge in [-0.25, -0.2) is 4.90 Å². The Morgan fingerprint density at radius 3 is 2.38 bits per heavy atom. The molecule has 4 atom stereocenters. The van der Waals surface area contributed by atoms with E-state index in [-0.39, 0.29) is 17.2 Å². The number of fused-ring (bicyclic) bond motifs is 5. The fourth-order valence-corrected chi connectivity index (χ4v) is 6.02.